The van der Waals surface area contributed by atoms with Crippen LogP contribution < -0.4 is 14.9 Å². The summed E-state index contributed by atoms with van der Waals surface area (Å²) in [7, 11) is -3.79. The second kappa shape index (κ2) is 6.93. The van der Waals surface area contributed by atoms with Crippen molar-refractivity contribution >= 4 is 27.1 Å². The number of piperazine rings is 1. The summed E-state index contributed by atoms with van der Waals surface area (Å²) in [5, 5.41) is 16.3. The standard InChI is InChI=1S/C17H20N4O4S/c1-13-12-14(6-7-15(13)21(22)23)19-8-10-20(11-9-19)16-4-2-3-5-17(16)26(18,24)25/h2-7,12H,8-11H2,1H3,(H2,18,24,25). The van der Waals surface area contributed by atoms with E-state index in [2.05, 4.69) is 4.90 Å². The fourth-order valence-corrected chi connectivity index (χ4v) is 3.96. The second-order valence-corrected chi connectivity index (χ2v) is 7.74. The molecule has 0 spiro atoms. The molecule has 1 aliphatic heterocycles. The Labute approximate surface area is 152 Å². The summed E-state index contributed by atoms with van der Waals surface area (Å²) >= 11 is 0. The number of primary sulfonamides is 1. The van der Waals surface area contributed by atoms with E-state index in [1.165, 1.54) is 12.1 Å². The lowest BCUT2D eigenvalue weighted by molar-refractivity contribution is -0.385. The van der Waals surface area contributed by atoms with E-state index in [0.717, 1.165) is 5.69 Å². The number of rotatable bonds is 4. The lowest BCUT2D eigenvalue weighted by Gasteiger charge is -2.38. The van der Waals surface area contributed by atoms with Gasteiger partial charge in [-0.05, 0) is 31.2 Å². The van der Waals surface area contributed by atoms with Gasteiger partial charge in [-0.1, -0.05) is 12.1 Å². The van der Waals surface area contributed by atoms with Crippen molar-refractivity contribution in [3.05, 3.63) is 58.1 Å². The normalized spacial score (nSPS) is 15.2. The summed E-state index contributed by atoms with van der Waals surface area (Å²) in [4.78, 5) is 14.8. The van der Waals surface area contributed by atoms with Gasteiger partial charge in [0.2, 0.25) is 10.0 Å². The van der Waals surface area contributed by atoms with E-state index >= 15 is 0 Å². The van der Waals surface area contributed by atoms with Crippen LogP contribution in [-0.2, 0) is 10.0 Å². The summed E-state index contributed by atoms with van der Waals surface area (Å²) in [6.07, 6.45) is 0. The Bertz CT molecular complexity index is 938. The first kappa shape index (κ1) is 18.2. The molecule has 1 fully saturated rings. The lowest BCUT2D eigenvalue weighted by atomic mass is 10.1. The van der Waals surface area contributed by atoms with Crippen molar-refractivity contribution in [2.45, 2.75) is 11.8 Å². The molecule has 0 bridgehead atoms. The second-order valence-electron chi connectivity index (χ2n) is 6.21. The molecule has 0 atom stereocenters. The number of nitro groups is 1. The largest absolute Gasteiger partial charge is 0.368 e. The number of benzene rings is 2. The van der Waals surface area contributed by atoms with E-state index in [9.17, 15) is 18.5 Å². The van der Waals surface area contributed by atoms with Crippen molar-refractivity contribution < 1.29 is 13.3 Å². The molecule has 1 aliphatic rings. The first-order chi connectivity index (χ1) is 12.3. The van der Waals surface area contributed by atoms with Crippen molar-refractivity contribution in [2.24, 2.45) is 5.14 Å². The molecule has 26 heavy (non-hydrogen) atoms. The summed E-state index contributed by atoms with van der Waals surface area (Å²) in [6, 6.07) is 11.8. The summed E-state index contributed by atoms with van der Waals surface area (Å²) in [5.41, 5.74) is 2.26. The molecule has 0 aromatic heterocycles. The fourth-order valence-electron chi connectivity index (χ4n) is 3.21. The van der Waals surface area contributed by atoms with E-state index in [1.54, 1.807) is 31.2 Å². The molecule has 0 saturated carbocycles. The first-order valence-corrected chi connectivity index (χ1v) is 9.69. The number of nitrogens with two attached hydrogens (primary N) is 1. The van der Waals surface area contributed by atoms with Crippen LogP contribution in [0.25, 0.3) is 0 Å². The predicted molar refractivity (Wildman–Crippen MR) is 100 cm³/mol. The molecular formula is C17H20N4O4S. The molecule has 3 rings (SSSR count). The smallest absolute Gasteiger partial charge is 0.272 e. The van der Waals surface area contributed by atoms with Gasteiger partial charge >= 0.3 is 0 Å². The Morgan fingerprint density at radius 1 is 1.04 bits per heavy atom. The SMILES string of the molecule is Cc1cc(N2CCN(c3ccccc3S(N)(=O)=O)CC2)ccc1[N+](=O)[O-]. The third-order valence-corrected chi connectivity index (χ3v) is 5.49. The van der Waals surface area contributed by atoms with Gasteiger partial charge in [0.25, 0.3) is 5.69 Å². The van der Waals surface area contributed by atoms with Gasteiger partial charge in [-0.15, -0.1) is 0 Å². The van der Waals surface area contributed by atoms with Gasteiger partial charge in [-0.25, -0.2) is 13.6 Å². The average molecular weight is 376 g/mol. The fraction of sp³-hybridized carbons (Fsp3) is 0.294. The molecule has 138 valence electrons. The van der Waals surface area contributed by atoms with Gasteiger partial charge in [0.15, 0.2) is 0 Å². The van der Waals surface area contributed by atoms with Crippen molar-refractivity contribution in [1.82, 2.24) is 0 Å². The first-order valence-electron chi connectivity index (χ1n) is 8.14. The monoisotopic (exact) mass is 376 g/mol. The van der Waals surface area contributed by atoms with Crippen LogP contribution in [0.5, 0.6) is 0 Å². The van der Waals surface area contributed by atoms with Crippen LogP contribution in [-0.4, -0.2) is 39.5 Å². The van der Waals surface area contributed by atoms with E-state index in [-0.39, 0.29) is 15.5 Å². The van der Waals surface area contributed by atoms with Crippen LogP contribution in [0, 0.1) is 17.0 Å². The molecule has 0 aliphatic carbocycles. The van der Waals surface area contributed by atoms with Crippen molar-refractivity contribution in [2.75, 3.05) is 36.0 Å². The number of sulfonamides is 1. The van der Waals surface area contributed by atoms with Crippen LogP contribution >= 0.6 is 0 Å². The molecule has 8 nitrogen and oxygen atoms in total. The minimum Gasteiger partial charge on any atom is -0.368 e. The Kier molecular flexibility index (Phi) is 4.84. The number of nitro benzene ring substituents is 1. The zero-order chi connectivity index (χ0) is 18.9. The third kappa shape index (κ3) is 3.63. The number of nitrogens with zero attached hydrogens (tertiary/aromatic N) is 3. The number of aryl methyl sites for hydroxylation is 1. The molecular weight excluding hydrogens is 356 g/mol. The maximum Gasteiger partial charge on any atom is 0.272 e. The highest BCUT2D eigenvalue weighted by molar-refractivity contribution is 7.89. The maximum absolute atomic E-state index is 11.8. The Morgan fingerprint density at radius 2 is 1.65 bits per heavy atom. The van der Waals surface area contributed by atoms with Gasteiger partial charge in [0.05, 0.1) is 10.6 Å². The molecule has 0 amide bonds. The minimum absolute atomic E-state index is 0.106. The van der Waals surface area contributed by atoms with Crippen LogP contribution in [0.1, 0.15) is 5.56 Å². The predicted octanol–water partition coefficient (Wildman–Crippen LogP) is 1.88. The van der Waals surface area contributed by atoms with Crippen LogP contribution in [0.3, 0.4) is 0 Å². The van der Waals surface area contributed by atoms with Gasteiger partial charge in [-0.2, -0.15) is 0 Å². The van der Waals surface area contributed by atoms with Crippen molar-refractivity contribution in [1.29, 1.82) is 0 Å². The van der Waals surface area contributed by atoms with Crippen LogP contribution in [0.2, 0.25) is 0 Å². The summed E-state index contributed by atoms with van der Waals surface area (Å²) in [6.45, 7) is 4.33. The van der Waals surface area contributed by atoms with Crippen molar-refractivity contribution in [3.8, 4) is 0 Å². The molecule has 2 aromatic rings. The molecule has 9 heteroatoms. The van der Waals surface area contributed by atoms with E-state index in [4.69, 9.17) is 5.14 Å². The Balaban J connectivity index is 1.77. The van der Waals surface area contributed by atoms with Crippen LogP contribution in [0.15, 0.2) is 47.4 Å². The summed E-state index contributed by atoms with van der Waals surface area (Å²) in [5.74, 6) is 0. The van der Waals surface area contributed by atoms with Crippen molar-refractivity contribution in [3.63, 3.8) is 0 Å². The van der Waals surface area contributed by atoms with Gasteiger partial charge in [0, 0.05) is 43.5 Å². The number of anilines is 2. The molecule has 1 heterocycles. The van der Waals surface area contributed by atoms with Gasteiger partial charge < -0.3 is 9.80 Å². The zero-order valence-corrected chi connectivity index (χ0v) is 15.1. The quantitative estimate of drug-likeness (QED) is 0.644. The van der Waals surface area contributed by atoms with E-state index < -0.39 is 10.0 Å². The number of hydrogen-bond donors (Lipinski definition) is 1. The van der Waals surface area contributed by atoms with Gasteiger partial charge in [0.1, 0.15) is 4.90 Å². The highest BCUT2D eigenvalue weighted by atomic mass is 32.2. The lowest BCUT2D eigenvalue weighted by Crippen LogP contribution is -2.47. The molecule has 0 radical (unpaired) electrons. The average Bonchev–Trinajstić information content (AvgIpc) is 2.61. The Morgan fingerprint density at radius 3 is 2.23 bits per heavy atom. The molecule has 1 saturated heterocycles. The molecule has 0 unspecified atom stereocenters. The maximum atomic E-state index is 11.8. The van der Waals surface area contributed by atoms with Gasteiger partial charge in [-0.3, -0.25) is 10.1 Å². The number of para-hydroxylation sites is 1. The molecule has 2 N–H and O–H groups in total. The highest BCUT2D eigenvalue weighted by Gasteiger charge is 2.23. The topological polar surface area (TPSA) is 110 Å². The summed E-state index contributed by atoms with van der Waals surface area (Å²) < 4.78 is 23.6. The van der Waals surface area contributed by atoms with Crippen LogP contribution in [0.4, 0.5) is 17.1 Å². The van der Waals surface area contributed by atoms with E-state index in [1.807, 2.05) is 11.0 Å². The number of hydrogen-bond acceptors (Lipinski definition) is 6. The minimum atomic E-state index is -3.79. The third-order valence-electron chi connectivity index (χ3n) is 4.53. The zero-order valence-electron chi connectivity index (χ0n) is 14.3. The Hall–Kier alpha value is -2.65. The highest BCUT2D eigenvalue weighted by Crippen LogP contribution is 2.28. The molecule has 2 aromatic carbocycles. The van der Waals surface area contributed by atoms with E-state index in [0.29, 0.717) is 37.4 Å².